The lowest BCUT2D eigenvalue weighted by atomic mass is 10.3. The van der Waals surface area contributed by atoms with Crippen LogP contribution >= 0.6 is 12.2 Å². The van der Waals surface area contributed by atoms with Crippen molar-refractivity contribution in [2.24, 2.45) is 0 Å². The van der Waals surface area contributed by atoms with E-state index in [9.17, 15) is 4.79 Å². The largest absolute Gasteiger partial charge is 0.343 e. The molecule has 0 spiro atoms. The lowest BCUT2D eigenvalue weighted by Gasteiger charge is -2.18. The molecule has 0 aliphatic carbocycles. The standard InChI is InChI=1S/C14H19N5OS/c1-3-18(4-2)12(20)8-10-19-13(16-17-14(19)21)11-7-5-6-9-15-11/h5-7,9H,3-4,8,10H2,1-2H3,(H,17,21). The molecule has 0 aliphatic heterocycles. The Balaban J connectivity index is 2.16. The molecular formula is C14H19N5OS. The molecule has 2 heterocycles. The number of carbonyl (C=O) groups is 1. The van der Waals surface area contributed by atoms with Crippen molar-refractivity contribution < 1.29 is 4.79 Å². The number of rotatable bonds is 6. The van der Waals surface area contributed by atoms with E-state index in [1.807, 2.05) is 41.5 Å². The van der Waals surface area contributed by atoms with Crippen LogP contribution in [0.2, 0.25) is 0 Å². The summed E-state index contributed by atoms with van der Waals surface area (Å²) in [6.07, 6.45) is 2.10. The maximum absolute atomic E-state index is 12.1. The number of pyridine rings is 1. The summed E-state index contributed by atoms with van der Waals surface area (Å²) in [7, 11) is 0. The van der Waals surface area contributed by atoms with Crippen molar-refractivity contribution in [1.82, 2.24) is 24.6 Å². The number of aromatic amines is 1. The van der Waals surface area contributed by atoms with Crippen LogP contribution in [0.25, 0.3) is 11.5 Å². The third-order valence-electron chi connectivity index (χ3n) is 3.32. The zero-order valence-electron chi connectivity index (χ0n) is 12.2. The highest BCUT2D eigenvalue weighted by atomic mass is 32.1. The summed E-state index contributed by atoms with van der Waals surface area (Å²) in [6.45, 7) is 5.89. The highest BCUT2D eigenvalue weighted by Gasteiger charge is 2.13. The van der Waals surface area contributed by atoms with E-state index in [0.717, 1.165) is 18.8 Å². The van der Waals surface area contributed by atoms with E-state index >= 15 is 0 Å². The van der Waals surface area contributed by atoms with Gasteiger partial charge in [-0.3, -0.25) is 19.4 Å². The summed E-state index contributed by atoms with van der Waals surface area (Å²) in [5, 5.41) is 6.98. The Hall–Kier alpha value is -2.02. The van der Waals surface area contributed by atoms with Crippen molar-refractivity contribution in [1.29, 1.82) is 0 Å². The van der Waals surface area contributed by atoms with Gasteiger partial charge in [0, 0.05) is 32.3 Å². The third kappa shape index (κ3) is 3.55. The topological polar surface area (TPSA) is 66.8 Å². The number of nitrogens with one attached hydrogen (secondary N) is 1. The fourth-order valence-electron chi connectivity index (χ4n) is 2.16. The molecule has 6 nitrogen and oxygen atoms in total. The SMILES string of the molecule is CCN(CC)C(=O)CCn1c(-c2ccccn2)n[nH]c1=S. The van der Waals surface area contributed by atoms with Gasteiger partial charge in [0.1, 0.15) is 5.69 Å². The molecule has 2 aromatic rings. The van der Waals surface area contributed by atoms with Crippen LogP contribution in [0.5, 0.6) is 0 Å². The lowest BCUT2D eigenvalue weighted by Crippen LogP contribution is -2.31. The normalized spacial score (nSPS) is 10.6. The van der Waals surface area contributed by atoms with E-state index in [2.05, 4.69) is 15.2 Å². The first-order chi connectivity index (χ1) is 10.2. The molecule has 0 atom stereocenters. The lowest BCUT2D eigenvalue weighted by molar-refractivity contribution is -0.131. The van der Waals surface area contributed by atoms with Crippen molar-refractivity contribution in [3.63, 3.8) is 0 Å². The van der Waals surface area contributed by atoms with E-state index in [-0.39, 0.29) is 5.91 Å². The number of aromatic nitrogens is 4. The fourth-order valence-corrected chi connectivity index (χ4v) is 2.38. The van der Waals surface area contributed by atoms with Gasteiger partial charge in [-0.05, 0) is 38.2 Å². The summed E-state index contributed by atoms with van der Waals surface area (Å²) in [4.78, 5) is 18.2. The summed E-state index contributed by atoms with van der Waals surface area (Å²) < 4.78 is 2.32. The Morgan fingerprint density at radius 3 is 2.76 bits per heavy atom. The molecule has 0 radical (unpaired) electrons. The Morgan fingerprint density at radius 2 is 2.14 bits per heavy atom. The van der Waals surface area contributed by atoms with Crippen LogP contribution in [-0.4, -0.2) is 43.6 Å². The van der Waals surface area contributed by atoms with Gasteiger partial charge in [0.15, 0.2) is 10.6 Å². The summed E-state index contributed by atoms with van der Waals surface area (Å²) >= 11 is 5.24. The molecule has 0 unspecified atom stereocenters. The van der Waals surface area contributed by atoms with Crippen molar-refractivity contribution in [3.05, 3.63) is 29.2 Å². The highest BCUT2D eigenvalue weighted by molar-refractivity contribution is 7.71. The molecule has 7 heteroatoms. The van der Waals surface area contributed by atoms with Crippen molar-refractivity contribution in [3.8, 4) is 11.5 Å². The Kier molecular flexibility index (Phi) is 5.21. The molecule has 1 amide bonds. The number of carbonyl (C=O) groups excluding carboxylic acids is 1. The maximum Gasteiger partial charge on any atom is 0.224 e. The third-order valence-corrected chi connectivity index (χ3v) is 3.63. The predicted molar refractivity (Wildman–Crippen MR) is 83.2 cm³/mol. The average molecular weight is 305 g/mol. The van der Waals surface area contributed by atoms with Crippen LogP contribution in [0.3, 0.4) is 0 Å². The second-order valence-corrected chi connectivity index (χ2v) is 4.92. The van der Waals surface area contributed by atoms with Gasteiger partial charge in [0.05, 0.1) is 0 Å². The quantitative estimate of drug-likeness (QED) is 0.831. The van der Waals surface area contributed by atoms with Gasteiger partial charge in [-0.15, -0.1) is 0 Å². The zero-order valence-corrected chi connectivity index (χ0v) is 13.1. The first-order valence-corrected chi connectivity index (χ1v) is 7.42. The molecule has 21 heavy (non-hydrogen) atoms. The average Bonchev–Trinajstić information content (AvgIpc) is 2.88. The van der Waals surface area contributed by atoms with E-state index < -0.39 is 0 Å². The van der Waals surface area contributed by atoms with Gasteiger partial charge >= 0.3 is 0 Å². The number of hydrogen-bond acceptors (Lipinski definition) is 4. The second-order valence-electron chi connectivity index (χ2n) is 4.54. The molecule has 0 aromatic carbocycles. The molecule has 2 rings (SSSR count). The van der Waals surface area contributed by atoms with Crippen LogP contribution in [0, 0.1) is 4.77 Å². The van der Waals surface area contributed by atoms with Crippen molar-refractivity contribution in [2.75, 3.05) is 13.1 Å². The second kappa shape index (κ2) is 7.12. The summed E-state index contributed by atoms with van der Waals surface area (Å²) in [5.74, 6) is 0.781. The molecule has 0 fully saturated rings. The monoisotopic (exact) mass is 305 g/mol. The van der Waals surface area contributed by atoms with Crippen molar-refractivity contribution >= 4 is 18.1 Å². The number of hydrogen-bond donors (Lipinski definition) is 1. The Bertz CT molecular complexity index is 645. The first-order valence-electron chi connectivity index (χ1n) is 7.01. The molecule has 1 N–H and O–H groups in total. The number of nitrogens with zero attached hydrogens (tertiary/aromatic N) is 4. The summed E-state index contributed by atoms with van der Waals surface area (Å²) in [6, 6.07) is 5.61. The van der Waals surface area contributed by atoms with E-state index in [1.165, 1.54) is 0 Å². The molecule has 0 bridgehead atoms. The fraction of sp³-hybridized carbons (Fsp3) is 0.429. The minimum absolute atomic E-state index is 0.120. The van der Waals surface area contributed by atoms with E-state index in [0.29, 0.717) is 23.6 Å². The van der Waals surface area contributed by atoms with Gasteiger partial charge < -0.3 is 4.90 Å². The van der Waals surface area contributed by atoms with Crippen LogP contribution < -0.4 is 0 Å². The molecule has 112 valence electrons. The van der Waals surface area contributed by atoms with Crippen LogP contribution in [0.4, 0.5) is 0 Å². The van der Waals surface area contributed by atoms with Crippen LogP contribution in [-0.2, 0) is 11.3 Å². The van der Waals surface area contributed by atoms with Crippen LogP contribution in [0.15, 0.2) is 24.4 Å². The van der Waals surface area contributed by atoms with Gasteiger partial charge in [-0.25, -0.2) is 0 Å². The van der Waals surface area contributed by atoms with Gasteiger partial charge in [0.25, 0.3) is 0 Å². The predicted octanol–water partition coefficient (Wildman–Crippen LogP) is 2.26. The van der Waals surface area contributed by atoms with Crippen LogP contribution in [0.1, 0.15) is 20.3 Å². The van der Waals surface area contributed by atoms with Crippen molar-refractivity contribution in [2.45, 2.75) is 26.8 Å². The molecule has 2 aromatic heterocycles. The Morgan fingerprint density at radius 1 is 1.38 bits per heavy atom. The molecular weight excluding hydrogens is 286 g/mol. The molecule has 0 saturated carbocycles. The molecule has 0 aliphatic rings. The maximum atomic E-state index is 12.1. The number of H-pyrrole nitrogens is 1. The minimum Gasteiger partial charge on any atom is -0.343 e. The van der Waals surface area contributed by atoms with E-state index in [4.69, 9.17) is 12.2 Å². The highest BCUT2D eigenvalue weighted by Crippen LogP contribution is 2.14. The zero-order chi connectivity index (χ0) is 15.2. The Labute approximate surface area is 128 Å². The number of amides is 1. The minimum atomic E-state index is 0.120. The first kappa shape index (κ1) is 15.4. The van der Waals surface area contributed by atoms with Gasteiger partial charge in [-0.1, -0.05) is 6.07 Å². The van der Waals surface area contributed by atoms with Gasteiger partial charge in [-0.2, -0.15) is 5.10 Å². The van der Waals surface area contributed by atoms with Gasteiger partial charge in [0.2, 0.25) is 5.91 Å². The smallest absolute Gasteiger partial charge is 0.224 e. The van der Waals surface area contributed by atoms with E-state index in [1.54, 1.807) is 6.20 Å². The summed E-state index contributed by atoms with van der Waals surface area (Å²) in [5.41, 5.74) is 0.736. The molecule has 0 saturated heterocycles.